The molecule has 0 aromatic heterocycles. The van der Waals surface area contributed by atoms with Gasteiger partial charge in [-0.15, -0.1) is 0 Å². The Labute approximate surface area is 172 Å². The fourth-order valence-corrected chi connectivity index (χ4v) is 4.57. The maximum absolute atomic E-state index is 13.5. The molecule has 29 heavy (non-hydrogen) atoms. The Morgan fingerprint density at radius 2 is 2.00 bits per heavy atom. The molecule has 2 aromatic carbocycles. The van der Waals surface area contributed by atoms with Gasteiger partial charge in [-0.05, 0) is 96.9 Å². The fourth-order valence-electron chi connectivity index (χ4n) is 4.57. The maximum atomic E-state index is 13.5. The smallest absolute Gasteiger partial charge is 0.224 e. The highest BCUT2D eigenvalue weighted by Gasteiger charge is 2.39. The van der Waals surface area contributed by atoms with Crippen LogP contribution in [-0.2, 0) is 17.8 Å². The molecule has 0 spiro atoms. The van der Waals surface area contributed by atoms with E-state index in [1.807, 2.05) is 6.07 Å². The first-order chi connectivity index (χ1) is 13.9. The van der Waals surface area contributed by atoms with E-state index in [0.29, 0.717) is 12.3 Å². The van der Waals surface area contributed by atoms with E-state index in [4.69, 9.17) is 0 Å². The number of carbonyl (C=O) groups excluding carboxylic acids is 1. The van der Waals surface area contributed by atoms with E-state index >= 15 is 0 Å². The zero-order valence-corrected chi connectivity index (χ0v) is 17.4. The van der Waals surface area contributed by atoms with Gasteiger partial charge in [-0.3, -0.25) is 4.79 Å². The van der Waals surface area contributed by atoms with Crippen LogP contribution in [0.5, 0.6) is 0 Å². The molecule has 0 saturated heterocycles. The van der Waals surface area contributed by atoms with Crippen LogP contribution < -0.4 is 10.2 Å². The third kappa shape index (κ3) is 3.90. The first-order valence-corrected chi connectivity index (χ1v) is 10.9. The highest BCUT2D eigenvalue weighted by molar-refractivity contribution is 5.93. The maximum Gasteiger partial charge on any atom is 0.224 e. The summed E-state index contributed by atoms with van der Waals surface area (Å²) in [5.74, 6) is 0.563. The number of hydrogen-bond acceptors (Lipinski definition) is 2. The lowest BCUT2D eigenvalue weighted by atomic mass is 9.97. The molecule has 0 radical (unpaired) electrons. The highest BCUT2D eigenvalue weighted by Crippen LogP contribution is 2.49. The van der Waals surface area contributed by atoms with Crippen molar-refractivity contribution in [3.05, 3.63) is 58.4 Å². The number of hydrogen-bond donors (Lipinski definition) is 1. The van der Waals surface area contributed by atoms with Crippen molar-refractivity contribution in [2.75, 3.05) is 16.8 Å². The summed E-state index contributed by atoms with van der Waals surface area (Å²) < 4.78 is 13.5. The Balaban J connectivity index is 1.40. The summed E-state index contributed by atoms with van der Waals surface area (Å²) in [6.07, 6.45) is 6.21. The predicted molar refractivity (Wildman–Crippen MR) is 115 cm³/mol. The van der Waals surface area contributed by atoms with Gasteiger partial charge in [0.05, 0.1) is 0 Å². The van der Waals surface area contributed by atoms with Crippen molar-refractivity contribution in [3.8, 4) is 0 Å². The summed E-state index contributed by atoms with van der Waals surface area (Å²) in [6, 6.07) is 9.63. The Hall–Kier alpha value is -2.36. The summed E-state index contributed by atoms with van der Waals surface area (Å²) in [6.45, 7) is 6.01. The van der Waals surface area contributed by atoms with E-state index in [1.54, 1.807) is 12.1 Å². The standard InChI is InChI=1S/C25H29FN2O/c1-16-11-21(28-10-7-18-12-20(26)6-5-19(18)15-28)13-22(17-3-4-17)24(16)27-23(29)14-25(2)8-9-25/h5-6,11-13,17H,3-4,7-10,14-15H2,1-2H3,(H,27,29). The molecule has 2 saturated carbocycles. The van der Waals surface area contributed by atoms with Gasteiger partial charge in [-0.1, -0.05) is 13.0 Å². The van der Waals surface area contributed by atoms with E-state index in [-0.39, 0.29) is 17.1 Å². The van der Waals surface area contributed by atoms with Crippen LogP contribution in [0.1, 0.15) is 67.2 Å². The van der Waals surface area contributed by atoms with E-state index in [9.17, 15) is 9.18 Å². The van der Waals surface area contributed by atoms with Gasteiger partial charge in [0.1, 0.15) is 5.82 Å². The topological polar surface area (TPSA) is 32.3 Å². The summed E-state index contributed by atoms with van der Waals surface area (Å²) in [5, 5.41) is 3.25. The number of fused-ring (bicyclic) bond motifs is 1. The first-order valence-electron chi connectivity index (χ1n) is 10.9. The van der Waals surface area contributed by atoms with Gasteiger partial charge in [-0.2, -0.15) is 0 Å². The Kier molecular flexibility index (Phi) is 4.41. The minimum Gasteiger partial charge on any atom is -0.367 e. The van der Waals surface area contributed by atoms with Gasteiger partial charge in [0.15, 0.2) is 0 Å². The number of rotatable bonds is 5. The van der Waals surface area contributed by atoms with Crippen molar-refractivity contribution in [2.45, 2.75) is 64.8 Å². The number of nitrogens with one attached hydrogen (secondary N) is 1. The molecule has 2 fully saturated rings. The zero-order chi connectivity index (χ0) is 20.2. The summed E-state index contributed by atoms with van der Waals surface area (Å²) >= 11 is 0. The first kappa shape index (κ1) is 18.7. The van der Waals surface area contributed by atoms with Crippen molar-refractivity contribution in [2.24, 2.45) is 5.41 Å². The molecule has 0 atom stereocenters. The number of anilines is 2. The van der Waals surface area contributed by atoms with Crippen LogP contribution in [0, 0.1) is 18.2 Å². The van der Waals surface area contributed by atoms with E-state index < -0.39 is 0 Å². The molecule has 152 valence electrons. The quantitative estimate of drug-likeness (QED) is 0.707. The average molecular weight is 393 g/mol. The molecule has 5 rings (SSSR count). The Morgan fingerprint density at radius 1 is 1.21 bits per heavy atom. The van der Waals surface area contributed by atoms with Crippen molar-refractivity contribution in [1.82, 2.24) is 0 Å². The predicted octanol–water partition coefficient (Wildman–Crippen LogP) is 5.70. The highest BCUT2D eigenvalue weighted by atomic mass is 19.1. The molecule has 1 heterocycles. The summed E-state index contributed by atoms with van der Waals surface area (Å²) in [4.78, 5) is 15.0. The lowest BCUT2D eigenvalue weighted by Gasteiger charge is -2.32. The number of amides is 1. The largest absolute Gasteiger partial charge is 0.367 e. The third-order valence-electron chi connectivity index (χ3n) is 6.87. The van der Waals surface area contributed by atoms with Crippen molar-refractivity contribution in [3.63, 3.8) is 0 Å². The van der Waals surface area contributed by atoms with Gasteiger partial charge < -0.3 is 10.2 Å². The van der Waals surface area contributed by atoms with Crippen LogP contribution in [0.2, 0.25) is 0 Å². The lowest BCUT2D eigenvalue weighted by Crippen LogP contribution is -2.30. The monoisotopic (exact) mass is 392 g/mol. The van der Waals surface area contributed by atoms with Crippen molar-refractivity contribution < 1.29 is 9.18 Å². The van der Waals surface area contributed by atoms with Gasteiger partial charge in [0.25, 0.3) is 0 Å². The fraction of sp³-hybridized carbons (Fsp3) is 0.480. The van der Waals surface area contributed by atoms with E-state index in [1.165, 1.54) is 29.7 Å². The zero-order valence-electron chi connectivity index (χ0n) is 17.4. The van der Waals surface area contributed by atoms with Gasteiger partial charge in [0.2, 0.25) is 5.91 Å². The number of halogens is 1. The molecular formula is C25H29FN2O. The minimum absolute atomic E-state index is 0.149. The normalized spacial score (nSPS) is 19.6. The second-order valence-electron chi connectivity index (χ2n) is 9.62. The van der Waals surface area contributed by atoms with Crippen LogP contribution in [-0.4, -0.2) is 12.5 Å². The van der Waals surface area contributed by atoms with Crippen LogP contribution >= 0.6 is 0 Å². The second-order valence-corrected chi connectivity index (χ2v) is 9.62. The Morgan fingerprint density at radius 3 is 2.72 bits per heavy atom. The molecular weight excluding hydrogens is 363 g/mol. The average Bonchev–Trinajstić information content (AvgIpc) is 3.60. The SMILES string of the molecule is Cc1cc(N2CCc3cc(F)ccc3C2)cc(C2CC2)c1NC(=O)CC1(C)CC1. The van der Waals surface area contributed by atoms with Crippen molar-refractivity contribution >= 4 is 17.3 Å². The lowest BCUT2D eigenvalue weighted by molar-refractivity contribution is -0.117. The third-order valence-corrected chi connectivity index (χ3v) is 6.87. The van der Waals surface area contributed by atoms with E-state index in [0.717, 1.165) is 49.2 Å². The molecule has 0 unspecified atom stereocenters. The minimum atomic E-state index is -0.149. The molecule has 3 nitrogen and oxygen atoms in total. The summed E-state index contributed by atoms with van der Waals surface area (Å²) in [5.41, 5.74) is 7.23. The molecule has 1 N–H and O–H groups in total. The number of carbonyl (C=O) groups is 1. The second kappa shape index (κ2) is 6.86. The molecule has 1 amide bonds. The van der Waals surface area contributed by atoms with Crippen LogP contribution in [0.3, 0.4) is 0 Å². The van der Waals surface area contributed by atoms with Crippen LogP contribution in [0.4, 0.5) is 15.8 Å². The molecule has 1 aliphatic heterocycles. The van der Waals surface area contributed by atoms with Crippen LogP contribution in [0.15, 0.2) is 30.3 Å². The van der Waals surface area contributed by atoms with Gasteiger partial charge in [-0.25, -0.2) is 4.39 Å². The molecule has 3 aliphatic rings. The molecule has 0 bridgehead atoms. The molecule has 2 aromatic rings. The van der Waals surface area contributed by atoms with Crippen molar-refractivity contribution in [1.29, 1.82) is 0 Å². The number of benzene rings is 2. The van der Waals surface area contributed by atoms with E-state index in [2.05, 4.69) is 36.2 Å². The van der Waals surface area contributed by atoms with Gasteiger partial charge >= 0.3 is 0 Å². The molecule has 2 aliphatic carbocycles. The number of nitrogens with zero attached hydrogens (tertiary/aromatic N) is 1. The summed E-state index contributed by atoms with van der Waals surface area (Å²) in [7, 11) is 0. The van der Waals surface area contributed by atoms with Gasteiger partial charge in [0, 0.05) is 30.9 Å². The Bertz CT molecular complexity index is 975. The number of aryl methyl sites for hydroxylation is 1. The molecule has 4 heteroatoms. The van der Waals surface area contributed by atoms with Crippen LogP contribution in [0.25, 0.3) is 0 Å².